The highest BCUT2D eigenvalue weighted by Crippen LogP contribution is 2.42. The van der Waals surface area contributed by atoms with Gasteiger partial charge >= 0.3 is 0 Å². The molecular weight excluding hydrogens is 244 g/mol. The lowest BCUT2D eigenvalue weighted by atomic mass is 9.92. The largest absolute Gasteiger partial charge is 0.392 e. The van der Waals surface area contributed by atoms with E-state index in [4.69, 9.17) is 4.74 Å². The molecule has 3 atom stereocenters. The number of hydrogen-bond donors (Lipinski definition) is 1. The van der Waals surface area contributed by atoms with Crippen molar-refractivity contribution in [3.05, 3.63) is 29.8 Å². The second-order valence-corrected chi connectivity index (χ2v) is 6.30. The number of fused-ring (bicyclic) bond motifs is 1. The van der Waals surface area contributed by atoms with Crippen molar-refractivity contribution in [1.29, 1.82) is 0 Å². The standard InChI is InChI=1S/C15H20O2S/c16-14(8-7-11-4-3-9-17-11)13-10-18-15-6-2-1-5-12(13)15/h1-2,5-6,11,13-14,16H,3-4,7-10H2. The van der Waals surface area contributed by atoms with E-state index in [1.54, 1.807) is 0 Å². The molecule has 0 aliphatic carbocycles. The van der Waals surface area contributed by atoms with Crippen LogP contribution in [-0.2, 0) is 4.74 Å². The maximum atomic E-state index is 10.4. The van der Waals surface area contributed by atoms with Gasteiger partial charge < -0.3 is 9.84 Å². The van der Waals surface area contributed by atoms with Crippen LogP contribution in [0.15, 0.2) is 29.2 Å². The zero-order valence-corrected chi connectivity index (χ0v) is 11.4. The maximum Gasteiger partial charge on any atom is 0.0618 e. The molecule has 3 unspecified atom stereocenters. The van der Waals surface area contributed by atoms with Crippen molar-refractivity contribution in [2.24, 2.45) is 0 Å². The first-order valence-corrected chi connectivity index (χ1v) is 7.84. The molecule has 0 radical (unpaired) electrons. The first-order valence-electron chi connectivity index (χ1n) is 6.86. The van der Waals surface area contributed by atoms with E-state index in [1.807, 2.05) is 11.8 Å². The molecule has 18 heavy (non-hydrogen) atoms. The first-order chi connectivity index (χ1) is 8.84. The van der Waals surface area contributed by atoms with Crippen molar-refractivity contribution in [2.45, 2.75) is 48.7 Å². The third-order valence-corrected chi connectivity index (χ3v) is 5.22. The summed E-state index contributed by atoms with van der Waals surface area (Å²) in [7, 11) is 0. The molecule has 3 heteroatoms. The van der Waals surface area contributed by atoms with E-state index >= 15 is 0 Å². The van der Waals surface area contributed by atoms with Crippen molar-refractivity contribution in [1.82, 2.24) is 0 Å². The third kappa shape index (κ3) is 2.58. The van der Waals surface area contributed by atoms with E-state index in [0.29, 0.717) is 12.0 Å². The topological polar surface area (TPSA) is 29.5 Å². The van der Waals surface area contributed by atoms with Gasteiger partial charge in [-0.25, -0.2) is 0 Å². The van der Waals surface area contributed by atoms with Gasteiger partial charge in [0.1, 0.15) is 0 Å². The molecule has 2 aliphatic rings. The maximum absolute atomic E-state index is 10.4. The summed E-state index contributed by atoms with van der Waals surface area (Å²) in [6.07, 6.45) is 4.40. The third-order valence-electron chi connectivity index (χ3n) is 4.01. The number of hydrogen-bond acceptors (Lipinski definition) is 3. The van der Waals surface area contributed by atoms with E-state index < -0.39 is 0 Å². The predicted octanol–water partition coefficient (Wildman–Crippen LogP) is 3.20. The van der Waals surface area contributed by atoms with Gasteiger partial charge in [-0.15, -0.1) is 11.8 Å². The molecule has 1 fully saturated rings. The van der Waals surface area contributed by atoms with E-state index in [-0.39, 0.29) is 6.10 Å². The van der Waals surface area contributed by atoms with Crippen LogP contribution in [0.5, 0.6) is 0 Å². The number of thioether (sulfide) groups is 1. The fraction of sp³-hybridized carbons (Fsp3) is 0.600. The lowest BCUT2D eigenvalue weighted by Gasteiger charge is -2.20. The lowest BCUT2D eigenvalue weighted by molar-refractivity contribution is 0.0753. The summed E-state index contributed by atoms with van der Waals surface area (Å²) in [5, 5.41) is 10.4. The number of aliphatic hydroxyl groups is 1. The van der Waals surface area contributed by atoms with E-state index in [0.717, 1.165) is 25.2 Å². The Morgan fingerprint density at radius 3 is 3.11 bits per heavy atom. The van der Waals surface area contributed by atoms with E-state index in [2.05, 4.69) is 24.3 Å². The van der Waals surface area contributed by atoms with Crippen LogP contribution in [-0.4, -0.2) is 29.7 Å². The van der Waals surface area contributed by atoms with Crippen LogP contribution in [0.2, 0.25) is 0 Å². The van der Waals surface area contributed by atoms with Gasteiger partial charge in [0.2, 0.25) is 0 Å². The summed E-state index contributed by atoms with van der Waals surface area (Å²) in [6, 6.07) is 8.47. The second-order valence-electron chi connectivity index (χ2n) is 5.24. The van der Waals surface area contributed by atoms with Gasteiger partial charge in [-0.2, -0.15) is 0 Å². The molecule has 0 amide bonds. The van der Waals surface area contributed by atoms with Gasteiger partial charge in [-0.3, -0.25) is 0 Å². The van der Waals surface area contributed by atoms with Crippen molar-refractivity contribution >= 4 is 11.8 Å². The van der Waals surface area contributed by atoms with Crippen LogP contribution in [0.1, 0.15) is 37.2 Å². The van der Waals surface area contributed by atoms with Crippen LogP contribution in [0.3, 0.4) is 0 Å². The van der Waals surface area contributed by atoms with Gasteiger partial charge in [0.15, 0.2) is 0 Å². The van der Waals surface area contributed by atoms with Crippen LogP contribution < -0.4 is 0 Å². The average Bonchev–Trinajstić information content (AvgIpc) is 3.05. The Kier molecular flexibility index (Phi) is 3.92. The SMILES string of the molecule is OC(CCC1CCCO1)C1CSc2ccccc21. The molecule has 0 bridgehead atoms. The Hall–Kier alpha value is -0.510. The molecule has 0 saturated carbocycles. The first kappa shape index (κ1) is 12.5. The molecule has 1 aromatic rings. The molecule has 2 aliphatic heterocycles. The Balaban J connectivity index is 1.58. The fourth-order valence-corrected chi connectivity index (χ4v) is 4.26. The summed E-state index contributed by atoms with van der Waals surface area (Å²) in [5.41, 5.74) is 1.34. The van der Waals surface area contributed by atoms with Crippen LogP contribution in [0.4, 0.5) is 0 Å². The molecular formula is C15H20O2S. The van der Waals surface area contributed by atoms with Crippen molar-refractivity contribution < 1.29 is 9.84 Å². The van der Waals surface area contributed by atoms with Gasteiger partial charge in [0, 0.05) is 23.2 Å². The highest BCUT2D eigenvalue weighted by Gasteiger charge is 2.29. The Labute approximate surface area is 113 Å². The Morgan fingerprint density at radius 2 is 2.28 bits per heavy atom. The van der Waals surface area contributed by atoms with E-state index in [1.165, 1.54) is 23.3 Å². The smallest absolute Gasteiger partial charge is 0.0618 e. The van der Waals surface area contributed by atoms with E-state index in [9.17, 15) is 5.11 Å². The number of benzene rings is 1. The summed E-state index contributed by atoms with van der Waals surface area (Å²) < 4.78 is 5.62. The molecule has 1 saturated heterocycles. The predicted molar refractivity (Wildman–Crippen MR) is 74.1 cm³/mol. The summed E-state index contributed by atoms with van der Waals surface area (Å²) in [4.78, 5) is 1.35. The zero-order chi connectivity index (χ0) is 12.4. The summed E-state index contributed by atoms with van der Waals surface area (Å²) >= 11 is 1.87. The molecule has 2 heterocycles. The van der Waals surface area contributed by atoms with Crippen molar-refractivity contribution in [3.63, 3.8) is 0 Å². The number of ether oxygens (including phenoxy) is 1. The van der Waals surface area contributed by atoms with Gasteiger partial charge in [-0.05, 0) is 37.3 Å². The van der Waals surface area contributed by atoms with Crippen LogP contribution in [0.25, 0.3) is 0 Å². The normalized spacial score (nSPS) is 28.3. The van der Waals surface area contributed by atoms with Crippen molar-refractivity contribution in [2.75, 3.05) is 12.4 Å². The minimum atomic E-state index is -0.217. The Bertz CT molecular complexity index is 401. The molecule has 3 rings (SSSR count). The number of aliphatic hydroxyl groups excluding tert-OH is 1. The fourth-order valence-electron chi connectivity index (χ4n) is 2.94. The van der Waals surface area contributed by atoms with Gasteiger partial charge in [-0.1, -0.05) is 18.2 Å². The highest BCUT2D eigenvalue weighted by atomic mass is 32.2. The number of rotatable bonds is 4. The lowest BCUT2D eigenvalue weighted by Crippen LogP contribution is -2.20. The quantitative estimate of drug-likeness (QED) is 0.905. The summed E-state index contributed by atoms with van der Waals surface area (Å²) in [6.45, 7) is 0.906. The molecule has 1 N–H and O–H groups in total. The molecule has 0 spiro atoms. The van der Waals surface area contributed by atoms with Crippen LogP contribution >= 0.6 is 11.8 Å². The average molecular weight is 264 g/mol. The summed E-state index contributed by atoms with van der Waals surface area (Å²) in [5.74, 6) is 1.33. The molecule has 0 aromatic heterocycles. The van der Waals surface area contributed by atoms with Gasteiger partial charge in [0.25, 0.3) is 0 Å². The molecule has 2 nitrogen and oxygen atoms in total. The minimum Gasteiger partial charge on any atom is -0.392 e. The Morgan fingerprint density at radius 1 is 1.39 bits per heavy atom. The van der Waals surface area contributed by atoms with Gasteiger partial charge in [0.05, 0.1) is 12.2 Å². The molecule has 1 aromatic carbocycles. The van der Waals surface area contributed by atoms with Crippen molar-refractivity contribution in [3.8, 4) is 0 Å². The monoisotopic (exact) mass is 264 g/mol. The molecule has 98 valence electrons. The second kappa shape index (κ2) is 5.64. The minimum absolute atomic E-state index is 0.217. The highest BCUT2D eigenvalue weighted by molar-refractivity contribution is 7.99. The zero-order valence-electron chi connectivity index (χ0n) is 10.5. The van der Waals surface area contributed by atoms with Crippen LogP contribution in [0, 0.1) is 0 Å².